The molecule has 0 spiro atoms. The van der Waals surface area contributed by atoms with Gasteiger partial charge in [-0.15, -0.1) is 0 Å². The quantitative estimate of drug-likeness (QED) is 0.776. The number of hydrogen-bond donors (Lipinski definition) is 0. The Hall–Kier alpha value is -2.03. The van der Waals surface area contributed by atoms with E-state index < -0.39 is 0 Å². The fourth-order valence-electron chi connectivity index (χ4n) is 1.97. The van der Waals surface area contributed by atoms with Crippen LogP contribution in [0.4, 0.5) is 0 Å². The lowest BCUT2D eigenvalue weighted by atomic mass is 10.0. The number of ether oxygens (including phenoxy) is 2. The van der Waals surface area contributed by atoms with Crippen molar-refractivity contribution in [3.05, 3.63) is 42.0 Å². The molecule has 3 heteroatoms. The highest BCUT2D eigenvalue weighted by molar-refractivity contribution is 5.87. The zero-order valence-corrected chi connectivity index (χ0v) is 10.6. The van der Waals surface area contributed by atoms with Crippen LogP contribution < -0.4 is 4.74 Å². The van der Waals surface area contributed by atoms with Crippen molar-refractivity contribution in [1.82, 2.24) is 0 Å². The Morgan fingerprint density at radius 2 is 2.06 bits per heavy atom. The van der Waals surface area contributed by atoms with Gasteiger partial charge in [0.1, 0.15) is 5.75 Å². The maximum atomic E-state index is 10.8. The summed E-state index contributed by atoms with van der Waals surface area (Å²) in [6.45, 7) is 1.83. The normalized spacial score (nSPS) is 10.3. The second kappa shape index (κ2) is 5.54. The van der Waals surface area contributed by atoms with Gasteiger partial charge in [0.05, 0.1) is 13.7 Å². The van der Waals surface area contributed by atoms with E-state index in [1.807, 2.05) is 30.3 Å². The molecule has 0 saturated carbocycles. The molecule has 0 aromatic heterocycles. The summed E-state index contributed by atoms with van der Waals surface area (Å²) < 4.78 is 10.2. The van der Waals surface area contributed by atoms with Gasteiger partial charge in [-0.2, -0.15) is 0 Å². The van der Waals surface area contributed by atoms with E-state index in [1.54, 1.807) is 7.11 Å². The Balaban J connectivity index is 2.28. The number of esters is 1. The third-order valence-corrected chi connectivity index (χ3v) is 2.86. The van der Waals surface area contributed by atoms with E-state index >= 15 is 0 Å². The fourth-order valence-corrected chi connectivity index (χ4v) is 1.97. The Morgan fingerprint density at radius 3 is 2.78 bits per heavy atom. The van der Waals surface area contributed by atoms with Gasteiger partial charge in [0.2, 0.25) is 0 Å². The van der Waals surface area contributed by atoms with Crippen LogP contribution >= 0.6 is 0 Å². The monoisotopic (exact) mass is 244 g/mol. The van der Waals surface area contributed by atoms with E-state index in [-0.39, 0.29) is 5.97 Å². The minimum absolute atomic E-state index is 0.243. The molecule has 0 heterocycles. The molecule has 0 aliphatic carbocycles. The average molecular weight is 244 g/mol. The summed E-state index contributed by atoms with van der Waals surface area (Å²) in [6.07, 6.45) is 0.712. The number of methoxy groups -OCH3 is 1. The lowest BCUT2D eigenvalue weighted by molar-refractivity contribution is -0.140. The molecule has 2 aromatic rings. The minimum atomic E-state index is -0.243. The Bertz CT molecular complexity index is 561. The Kier molecular flexibility index (Phi) is 3.82. The topological polar surface area (TPSA) is 35.5 Å². The van der Waals surface area contributed by atoms with E-state index in [0.29, 0.717) is 13.0 Å². The molecule has 94 valence electrons. The lowest BCUT2D eigenvalue weighted by Gasteiger charge is -2.08. The molecule has 0 unspecified atom stereocenters. The zero-order valence-electron chi connectivity index (χ0n) is 10.6. The van der Waals surface area contributed by atoms with Crippen molar-refractivity contribution in [2.45, 2.75) is 13.3 Å². The van der Waals surface area contributed by atoms with Gasteiger partial charge in [-0.3, -0.25) is 4.79 Å². The maximum absolute atomic E-state index is 10.8. The highest BCUT2D eigenvalue weighted by atomic mass is 16.5. The smallest absolute Gasteiger partial charge is 0.302 e. The van der Waals surface area contributed by atoms with Crippen molar-refractivity contribution < 1.29 is 14.3 Å². The standard InChI is InChI=1S/C15H16O3/c1-11(16)18-9-8-13-5-3-4-12-6-7-14(17-2)10-15(12)13/h3-7,10H,8-9H2,1-2H3. The summed E-state index contributed by atoms with van der Waals surface area (Å²) >= 11 is 0. The highest BCUT2D eigenvalue weighted by Crippen LogP contribution is 2.24. The number of rotatable bonds is 4. The van der Waals surface area contributed by atoms with Crippen molar-refractivity contribution in [2.75, 3.05) is 13.7 Å². The van der Waals surface area contributed by atoms with E-state index in [9.17, 15) is 4.79 Å². The summed E-state index contributed by atoms with van der Waals surface area (Å²) in [4.78, 5) is 10.8. The predicted molar refractivity (Wildman–Crippen MR) is 70.8 cm³/mol. The van der Waals surface area contributed by atoms with Gasteiger partial charge >= 0.3 is 5.97 Å². The van der Waals surface area contributed by atoms with Crippen LogP contribution in [0.25, 0.3) is 10.8 Å². The molecule has 0 atom stereocenters. The van der Waals surface area contributed by atoms with Gasteiger partial charge in [0.15, 0.2) is 0 Å². The van der Waals surface area contributed by atoms with E-state index in [2.05, 4.69) is 6.07 Å². The summed E-state index contributed by atoms with van der Waals surface area (Å²) in [5, 5.41) is 2.31. The summed E-state index contributed by atoms with van der Waals surface area (Å²) in [7, 11) is 1.66. The van der Waals surface area contributed by atoms with Crippen LogP contribution in [0, 0.1) is 0 Å². The number of carbonyl (C=O) groups excluding carboxylic acids is 1. The molecular formula is C15H16O3. The van der Waals surface area contributed by atoms with Gasteiger partial charge < -0.3 is 9.47 Å². The molecule has 18 heavy (non-hydrogen) atoms. The van der Waals surface area contributed by atoms with Gasteiger partial charge in [-0.25, -0.2) is 0 Å². The third kappa shape index (κ3) is 2.80. The largest absolute Gasteiger partial charge is 0.497 e. The van der Waals surface area contributed by atoms with Crippen LogP contribution in [0.2, 0.25) is 0 Å². The SMILES string of the molecule is COc1ccc2cccc(CCOC(C)=O)c2c1. The molecule has 0 saturated heterocycles. The van der Waals surface area contributed by atoms with Crippen molar-refractivity contribution in [2.24, 2.45) is 0 Å². The maximum Gasteiger partial charge on any atom is 0.302 e. The first-order valence-corrected chi connectivity index (χ1v) is 5.89. The van der Waals surface area contributed by atoms with Crippen LogP contribution in [-0.2, 0) is 16.0 Å². The summed E-state index contributed by atoms with van der Waals surface area (Å²) in [6, 6.07) is 12.1. The molecule has 2 aromatic carbocycles. The van der Waals surface area contributed by atoms with E-state index in [0.717, 1.165) is 22.1 Å². The van der Waals surface area contributed by atoms with Crippen LogP contribution in [0.5, 0.6) is 5.75 Å². The fraction of sp³-hybridized carbons (Fsp3) is 0.267. The summed E-state index contributed by atoms with van der Waals surface area (Å²) in [5.74, 6) is 0.593. The van der Waals surface area contributed by atoms with Crippen molar-refractivity contribution in [1.29, 1.82) is 0 Å². The Morgan fingerprint density at radius 1 is 1.22 bits per heavy atom. The molecule has 0 bridgehead atoms. The second-order valence-corrected chi connectivity index (χ2v) is 4.09. The van der Waals surface area contributed by atoms with Gasteiger partial charge in [-0.1, -0.05) is 24.3 Å². The molecule has 0 aliphatic heterocycles. The van der Waals surface area contributed by atoms with Crippen molar-refractivity contribution in [3.8, 4) is 5.75 Å². The first-order chi connectivity index (χ1) is 8.70. The molecule has 0 radical (unpaired) electrons. The second-order valence-electron chi connectivity index (χ2n) is 4.09. The van der Waals surface area contributed by atoms with Crippen LogP contribution in [0.3, 0.4) is 0 Å². The first-order valence-electron chi connectivity index (χ1n) is 5.89. The van der Waals surface area contributed by atoms with Gasteiger partial charge in [-0.05, 0) is 28.5 Å². The zero-order chi connectivity index (χ0) is 13.0. The van der Waals surface area contributed by atoms with Crippen molar-refractivity contribution in [3.63, 3.8) is 0 Å². The first kappa shape index (κ1) is 12.4. The molecule has 0 aliphatic rings. The number of benzene rings is 2. The van der Waals surface area contributed by atoms with Gasteiger partial charge in [0, 0.05) is 13.3 Å². The molecule has 2 rings (SSSR count). The van der Waals surface area contributed by atoms with E-state index in [1.165, 1.54) is 6.92 Å². The van der Waals surface area contributed by atoms with Crippen LogP contribution in [0.1, 0.15) is 12.5 Å². The van der Waals surface area contributed by atoms with Crippen molar-refractivity contribution >= 4 is 16.7 Å². The third-order valence-electron chi connectivity index (χ3n) is 2.86. The number of hydrogen-bond acceptors (Lipinski definition) is 3. The summed E-state index contributed by atoms with van der Waals surface area (Å²) in [5.41, 5.74) is 1.16. The van der Waals surface area contributed by atoms with E-state index in [4.69, 9.17) is 9.47 Å². The molecule has 0 N–H and O–H groups in total. The molecule has 3 nitrogen and oxygen atoms in total. The number of fused-ring (bicyclic) bond motifs is 1. The average Bonchev–Trinajstić information content (AvgIpc) is 2.38. The number of carbonyl (C=O) groups is 1. The molecular weight excluding hydrogens is 228 g/mol. The van der Waals surface area contributed by atoms with Gasteiger partial charge in [0.25, 0.3) is 0 Å². The van der Waals surface area contributed by atoms with Crippen LogP contribution in [-0.4, -0.2) is 19.7 Å². The molecule has 0 fully saturated rings. The lowest BCUT2D eigenvalue weighted by Crippen LogP contribution is -2.03. The highest BCUT2D eigenvalue weighted by Gasteiger charge is 2.03. The Labute approximate surface area is 106 Å². The minimum Gasteiger partial charge on any atom is -0.497 e. The predicted octanol–water partition coefficient (Wildman–Crippen LogP) is 2.95. The van der Waals surface area contributed by atoms with Crippen LogP contribution in [0.15, 0.2) is 36.4 Å². The molecule has 0 amide bonds.